The zero-order valence-electron chi connectivity index (χ0n) is 7.96. The van der Waals surface area contributed by atoms with E-state index in [1.165, 1.54) is 19.3 Å². The van der Waals surface area contributed by atoms with E-state index in [-0.39, 0.29) is 12.7 Å². The van der Waals surface area contributed by atoms with Gasteiger partial charge in [0.1, 0.15) is 0 Å². The Hall–Kier alpha value is -0.120. The molecule has 0 rings (SSSR count). The Balaban J connectivity index is 3.26. The second kappa shape index (κ2) is 8.97. The number of nitrogens with two attached hydrogens (primary N) is 1. The maximum atomic E-state index is 8.52. The Labute approximate surface area is 74.9 Å². The van der Waals surface area contributed by atoms with Crippen molar-refractivity contribution in [2.75, 3.05) is 19.8 Å². The van der Waals surface area contributed by atoms with Gasteiger partial charge in [0.15, 0.2) is 0 Å². The average molecular weight is 175 g/mol. The molecule has 0 heterocycles. The van der Waals surface area contributed by atoms with Gasteiger partial charge < -0.3 is 15.6 Å². The van der Waals surface area contributed by atoms with Crippen molar-refractivity contribution in [2.24, 2.45) is 5.73 Å². The Kier molecular flexibility index (Phi) is 8.88. The first-order valence-electron chi connectivity index (χ1n) is 4.77. The van der Waals surface area contributed by atoms with Crippen LogP contribution in [0.5, 0.6) is 0 Å². The summed E-state index contributed by atoms with van der Waals surface area (Å²) in [6.45, 7) is 3.23. The fraction of sp³-hybridized carbons (Fsp3) is 1.00. The van der Waals surface area contributed by atoms with Crippen molar-refractivity contribution in [1.82, 2.24) is 0 Å². The molecule has 1 atom stereocenters. The topological polar surface area (TPSA) is 55.5 Å². The highest BCUT2D eigenvalue weighted by Crippen LogP contribution is 2.05. The minimum atomic E-state index is 0.0876. The van der Waals surface area contributed by atoms with Crippen LogP contribution < -0.4 is 5.73 Å². The summed E-state index contributed by atoms with van der Waals surface area (Å²) in [5, 5.41) is 8.52. The summed E-state index contributed by atoms with van der Waals surface area (Å²) in [7, 11) is 0. The van der Waals surface area contributed by atoms with Gasteiger partial charge in [0.05, 0.1) is 19.3 Å². The SMILES string of the molecule is CCCCCC(CN)OCCO. The van der Waals surface area contributed by atoms with Gasteiger partial charge in [-0.3, -0.25) is 0 Å². The van der Waals surface area contributed by atoms with Crippen LogP contribution >= 0.6 is 0 Å². The molecule has 0 radical (unpaired) electrons. The largest absolute Gasteiger partial charge is 0.394 e. The van der Waals surface area contributed by atoms with Crippen LogP contribution in [0.1, 0.15) is 32.6 Å². The van der Waals surface area contributed by atoms with Crippen molar-refractivity contribution < 1.29 is 9.84 Å². The zero-order valence-corrected chi connectivity index (χ0v) is 7.96. The first-order valence-corrected chi connectivity index (χ1v) is 4.77. The molecule has 74 valence electrons. The first kappa shape index (κ1) is 11.9. The van der Waals surface area contributed by atoms with Crippen molar-refractivity contribution in [2.45, 2.75) is 38.7 Å². The standard InChI is InChI=1S/C9H21NO2/c1-2-3-4-5-9(8-10)12-7-6-11/h9,11H,2-8,10H2,1H3. The molecule has 0 aliphatic carbocycles. The minimum Gasteiger partial charge on any atom is -0.394 e. The van der Waals surface area contributed by atoms with E-state index in [9.17, 15) is 0 Å². The van der Waals surface area contributed by atoms with E-state index >= 15 is 0 Å². The molecule has 1 unspecified atom stereocenters. The highest BCUT2D eigenvalue weighted by atomic mass is 16.5. The number of aliphatic hydroxyl groups is 1. The molecular formula is C9H21NO2. The third-order valence-electron chi connectivity index (χ3n) is 1.84. The molecule has 0 aromatic carbocycles. The van der Waals surface area contributed by atoms with Crippen LogP contribution in [0.4, 0.5) is 0 Å². The van der Waals surface area contributed by atoms with E-state index in [1.54, 1.807) is 0 Å². The fourth-order valence-corrected chi connectivity index (χ4v) is 1.11. The van der Waals surface area contributed by atoms with E-state index in [4.69, 9.17) is 15.6 Å². The molecule has 0 saturated carbocycles. The zero-order chi connectivity index (χ0) is 9.23. The maximum Gasteiger partial charge on any atom is 0.0702 e. The van der Waals surface area contributed by atoms with Crippen LogP contribution in [0.3, 0.4) is 0 Å². The van der Waals surface area contributed by atoms with Gasteiger partial charge in [0.2, 0.25) is 0 Å². The van der Waals surface area contributed by atoms with E-state index in [0.29, 0.717) is 13.2 Å². The molecule has 0 aromatic rings. The molecular weight excluding hydrogens is 154 g/mol. The number of hydrogen-bond donors (Lipinski definition) is 2. The molecule has 0 spiro atoms. The van der Waals surface area contributed by atoms with Crippen LogP contribution in [-0.4, -0.2) is 31.0 Å². The predicted octanol–water partition coefficient (Wildman–Crippen LogP) is 0.903. The lowest BCUT2D eigenvalue weighted by Gasteiger charge is -2.14. The number of unbranched alkanes of at least 4 members (excludes halogenated alkanes) is 2. The van der Waals surface area contributed by atoms with Crippen LogP contribution in [0.15, 0.2) is 0 Å². The number of hydrogen-bond acceptors (Lipinski definition) is 3. The monoisotopic (exact) mass is 175 g/mol. The Bertz CT molecular complexity index is 88.6. The molecule has 0 aliphatic rings. The van der Waals surface area contributed by atoms with Crippen LogP contribution in [0.2, 0.25) is 0 Å². The van der Waals surface area contributed by atoms with Crippen molar-refractivity contribution >= 4 is 0 Å². The van der Waals surface area contributed by atoms with Crippen molar-refractivity contribution in [1.29, 1.82) is 0 Å². The third kappa shape index (κ3) is 6.58. The first-order chi connectivity index (χ1) is 5.85. The van der Waals surface area contributed by atoms with Crippen LogP contribution in [-0.2, 0) is 4.74 Å². The second-order valence-corrected chi connectivity index (χ2v) is 2.95. The van der Waals surface area contributed by atoms with Gasteiger partial charge in [0, 0.05) is 6.54 Å². The highest BCUT2D eigenvalue weighted by Gasteiger charge is 2.04. The minimum absolute atomic E-state index is 0.0876. The number of aliphatic hydroxyl groups excluding tert-OH is 1. The van der Waals surface area contributed by atoms with Gasteiger partial charge >= 0.3 is 0 Å². The molecule has 0 amide bonds. The lowest BCUT2D eigenvalue weighted by atomic mass is 10.1. The lowest BCUT2D eigenvalue weighted by Crippen LogP contribution is -2.24. The maximum absolute atomic E-state index is 8.52. The summed E-state index contributed by atoms with van der Waals surface area (Å²) in [6, 6.07) is 0. The van der Waals surface area contributed by atoms with Crippen LogP contribution in [0.25, 0.3) is 0 Å². The number of ether oxygens (including phenoxy) is 1. The van der Waals surface area contributed by atoms with Crippen molar-refractivity contribution in [3.63, 3.8) is 0 Å². The van der Waals surface area contributed by atoms with Gasteiger partial charge in [-0.2, -0.15) is 0 Å². The summed E-state index contributed by atoms with van der Waals surface area (Å²) >= 11 is 0. The quantitative estimate of drug-likeness (QED) is 0.539. The third-order valence-corrected chi connectivity index (χ3v) is 1.84. The Morgan fingerprint density at radius 3 is 2.67 bits per heavy atom. The molecule has 0 aromatic heterocycles. The Morgan fingerprint density at radius 2 is 2.17 bits per heavy atom. The van der Waals surface area contributed by atoms with Gasteiger partial charge in [-0.15, -0.1) is 0 Å². The molecule has 0 aliphatic heterocycles. The lowest BCUT2D eigenvalue weighted by molar-refractivity contribution is 0.0279. The fourth-order valence-electron chi connectivity index (χ4n) is 1.11. The van der Waals surface area contributed by atoms with E-state index < -0.39 is 0 Å². The molecule has 12 heavy (non-hydrogen) atoms. The van der Waals surface area contributed by atoms with Crippen LogP contribution in [0, 0.1) is 0 Å². The van der Waals surface area contributed by atoms with Gasteiger partial charge in [-0.05, 0) is 6.42 Å². The van der Waals surface area contributed by atoms with E-state index in [1.807, 2.05) is 0 Å². The van der Waals surface area contributed by atoms with Gasteiger partial charge in [-0.25, -0.2) is 0 Å². The molecule has 3 nitrogen and oxygen atoms in total. The van der Waals surface area contributed by atoms with Crippen molar-refractivity contribution in [3.05, 3.63) is 0 Å². The molecule has 0 bridgehead atoms. The second-order valence-electron chi connectivity index (χ2n) is 2.95. The predicted molar refractivity (Wildman–Crippen MR) is 50.0 cm³/mol. The van der Waals surface area contributed by atoms with Gasteiger partial charge in [-0.1, -0.05) is 26.2 Å². The van der Waals surface area contributed by atoms with E-state index in [0.717, 1.165) is 6.42 Å². The Morgan fingerprint density at radius 1 is 1.42 bits per heavy atom. The highest BCUT2D eigenvalue weighted by molar-refractivity contribution is 4.58. The normalized spacial score (nSPS) is 13.2. The summed E-state index contributed by atoms with van der Waals surface area (Å²) in [5.74, 6) is 0. The molecule has 0 saturated heterocycles. The smallest absolute Gasteiger partial charge is 0.0702 e. The summed E-state index contributed by atoms with van der Waals surface area (Å²) in [4.78, 5) is 0. The average Bonchev–Trinajstić information content (AvgIpc) is 2.11. The summed E-state index contributed by atoms with van der Waals surface area (Å²) in [6.07, 6.45) is 4.79. The number of rotatable bonds is 8. The van der Waals surface area contributed by atoms with E-state index in [2.05, 4.69) is 6.92 Å². The molecule has 3 N–H and O–H groups in total. The molecule has 3 heteroatoms. The summed E-state index contributed by atoms with van der Waals surface area (Å²) in [5.41, 5.74) is 5.49. The molecule has 0 fully saturated rings. The van der Waals surface area contributed by atoms with Gasteiger partial charge in [0.25, 0.3) is 0 Å². The van der Waals surface area contributed by atoms with Crippen molar-refractivity contribution in [3.8, 4) is 0 Å². The summed E-state index contributed by atoms with van der Waals surface area (Å²) < 4.78 is 5.31.